The summed E-state index contributed by atoms with van der Waals surface area (Å²) in [6, 6.07) is 24.4. The molecule has 8 nitrogen and oxygen atoms in total. The number of rotatable bonds is 13. The largest absolute Gasteiger partial charge is 0.493 e. The van der Waals surface area contributed by atoms with Crippen LogP contribution >= 0.6 is 0 Å². The molecule has 41 heavy (non-hydrogen) atoms. The Kier molecular flexibility index (Phi) is 13.0. The van der Waals surface area contributed by atoms with E-state index in [0.29, 0.717) is 36.4 Å². The molecule has 2 N–H and O–H groups in total. The minimum Gasteiger partial charge on any atom is -0.493 e. The average Bonchev–Trinajstić information content (AvgIpc) is 3.02. The van der Waals surface area contributed by atoms with Crippen molar-refractivity contribution < 1.29 is 24.5 Å². The highest BCUT2D eigenvalue weighted by atomic mass is 16.5. The molecule has 0 fully saturated rings. The van der Waals surface area contributed by atoms with Gasteiger partial charge in [0.1, 0.15) is 5.75 Å². The van der Waals surface area contributed by atoms with Crippen molar-refractivity contribution in [1.29, 1.82) is 0 Å². The molecule has 0 spiro atoms. The molecule has 0 aliphatic heterocycles. The first-order valence-electron chi connectivity index (χ1n) is 13.8. The molecule has 0 saturated carbocycles. The Labute approximate surface area is 241 Å². The van der Waals surface area contributed by atoms with Crippen molar-refractivity contribution in [3.05, 3.63) is 114 Å². The van der Waals surface area contributed by atoms with E-state index in [2.05, 4.69) is 16.9 Å². The van der Waals surface area contributed by atoms with Crippen LogP contribution in [-0.4, -0.2) is 50.6 Å². The molecule has 4 rings (SSSR count). The molecular formula is C33H37N3O5. The SMILES string of the molecule is CCCCCCOc1ccccc1C(O)N(CCc1ccccn1)C(=O)c1ccc(-c2ccncc2)cc1.O=CO. The number of aliphatic hydroxyl groups excluding tert-OH is 1. The predicted molar refractivity (Wildman–Crippen MR) is 158 cm³/mol. The van der Waals surface area contributed by atoms with Crippen molar-refractivity contribution in [3.63, 3.8) is 0 Å². The van der Waals surface area contributed by atoms with Crippen LogP contribution < -0.4 is 4.74 Å². The number of carbonyl (C=O) groups excluding carboxylic acids is 1. The van der Waals surface area contributed by atoms with E-state index in [0.717, 1.165) is 36.1 Å². The number of aliphatic hydroxyl groups is 1. The molecule has 4 aromatic rings. The van der Waals surface area contributed by atoms with Gasteiger partial charge in [0.25, 0.3) is 12.4 Å². The van der Waals surface area contributed by atoms with Gasteiger partial charge >= 0.3 is 0 Å². The fourth-order valence-corrected chi connectivity index (χ4v) is 4.34. The van der Waals surface area contributed by atoms with Gasteiger partial charge in [-0.25, -0.2) is 0 Å². The van der Waals surface area contributed by atoms with E-state index >= 15 is 0 Å². The predicted octanol–water partition coefficient (Wildman–Crippen LogP) is 6.18. The van der Waals surface area contributed by atoms with Crippen LogP contribution in [0, 0.1) is 0 Å². The molecule has 0 radical (unpaired) electrons. The van der Waals surface area contributed by atoms with Gasteiger partial charge in [0.05, 0.1) is 6.61 Å². The minimum atomic E-state index is -1.17. The second-order valence-electron chi connectivity index (χ2n) is 9.31. The Morgan fingerprint density at radius 2 is 1.59 bits per heavy atom. The number of ether oxygens (including phenoxy) is 1. The number of para-hydroxylation sites is 1. The Morgan fingerprint density at radius 1 is 0.902 bits per heavy atom. The molecule has 2 aromatic carbocycles. The van der Waals surface area contributed by atoms with Crippen molar-refractivity contribution in [2.24, 2.45) is 0 Å². The number of unbranched alkanes of at least 4 members (excludes halogenated alkanes) is 3. The lowest BCUT2D eigenvalue weighted by Crippen LogP contribution is -2.37. The molecule has 1 atom stereocenters. The summed E-state index contributed by atoms with van der Waals surface area (Å²) in [7, 11) is 0. The highest BCUT2D eigenvalue weighted by Gasteiger charge is 2.27. The number of benzene rings is 2. The zero-order valence-electron chi connectivity index (χ0n) is 23.3. The summed E-state index contributed by atoms with van der Waals surface area (Å²) < 4.78 is 6.05. The normalized spacial score (nSPS) is 11.1. The van der Waals surface area contributed by atoms with Gasteiger partial charge in [0, 0.05) is 48.4 Å². The second kappa shape index (κ2) is 17.2. The van der Waals surface area contributed by atoms with Gasteiger partial charge in [-0.3, -0.25) is 19.6 Å². The molecule has 0 saturated heterocycles. The zero-order chi connectivity index (χ0) is 29.3. The summed E-state index contributed by atoms with van der Waals surface area (Å²) in [5.74, 6) is 0.340. The quantitative estimate of drug-likeness (QED) is 0.115. The molecule has 0 aliphatic carbocycles. The molecule has 2 aromatic heterocycles. The van der Waals surface area contributed by atoms with E-state index < -0.39 is 6.23 Å². The molecule has 0 bridgehead atoms. The molecule has 2 heterocycles. The van der Waals surface area contributed by atoms with Crippen molar-refractivity contribution in [3.8, 4) is 16.9 Å². The summed E-state index contributed by atoms with van der Waals surface area (Å²) in [5, 5.41) is 18.4. The maximum Gasteiger partial charge on any atom is 0.290 e. The Hall–Kier alpha value is -4.56. The molecular weight excluding hydrogens is 518 g/mol. The lowest BCUT2D eigenvalue weighted by Gasteiger charge is -2.29. The Bertz CT molecular complexity index is 1320. The maximum absolute atomic E-state index is 13.8. The third-order valence-corrected chi connectivity index (χ3v) is 6.49. The van der Waals surface area contributed by atoms with E-state index in [1.807, 2.05) is 66.7 Å². The number of hydrogen-bond donors (Lipinski definition) is 2. The highest BCUT2D eigenvalue weighted by Crippen LogP contribution is 2.30. The van der Waals surface area contributed by atoms with E-state index in [9.17, 15) is 9.90 Å². The van der Waals surface area contributed by atoms with Gasteiger partial charge in [0.15, 0.2) is 6.23 Å². The van der Waals surface area contributed by atoms with Gasteiger partial charge in [-0.05, 0) is 60.0 Å². The lowest BCUT2D eigenvalue weighted by molar-refractivity contribution is -0.122. The Balaban J connectivity index is 0.00000147. The third-order valence-electron chi connectivity index (χ3n) is 6.49. The van der Waals surface area contributed by atoms with Crippen molar-refractivity contribution in [2.45, 2.75) is 45.3 Å². The van der Waals surface area contributed by atoms with E-state index in [4.69, 9.17) is 14.6 Å². The molecule has 1 unspecified atom stereocenters. The first kappa shape index (κ1) is 31.0. The van der Waals surface area contributed by atoms with Gasteiger partial charge < -0.3 is 19.8 Å². The molecule has 214 valence electrons. The van der Waals surface area contributed by atoms with Crippen LogP contribution in [0.4, 0.5) is 0 Å². The minimum absolute atomic E-state index is 0.250. The lowest BCUT2D eigenvalue weighted by atomic mass is 10.0. The van der Waals surface area contributed by atoms with Gasteiger partial charge in [-0.2, -0.15) is 0 Å². The van der Waals surface area contributed by atoms with Gasteiger partial charge in [0.2, 0.25) is 0 Å². The zero-order valence-corrected chi connectivity index (χ0v) is 23.3. The number of amides is 1. The fraction of sp³-hybridized carbons (Fsp3) is 0.273. The summed E-state index contributed by atoms with van der Waals surface area (Å²) in [6.07, 6.45) is 8.94. The summed E-state index contributed by atoms with van der Waals surface area (Å²) in [6.45, 7) is 2.80. The van der Waals surface area contributed by atoms with Gasteiger partial charge in [-0.15, -0.1) is 0 Å². The van der Waals surface area contributed by atoms with Crippen LogP contribution in [0.15, 0.2) is 97.5 Å². The number of carbonyl (C=O) groups is 2. The van der Waals surface area contributed by atoms with Crippen LogP contribution in [0.3, 0.4) is 0 Å². The topological polar surface area (TPSA) is 113 Å². The smallest absolute Gasteiger partial charge is 0.290 e. The first-order valence-corrected chi connectivity index (χ1v) is 13.8. The van der Waals surface area contributed by atoms with Crippen molar-refractivity contribution >= 4 is 12.4 Å². The third kappa shape index (κ3) is 9.54. The van der Waals surface area contributed by atoms with Crippen LogP contribution in [-0.2, 0) is 11.2 Å². The molecule has 8 heteroatoms. The van der Waals surface area contributed by atoms with Gasteiger partial charge in [-0.1, -0.05) is 62.6 Å². The van der Waals surface area contributed by atoms with E-state index in [1.54, 1.807) is 30.7 Å². The number of hydrogen-bond acceptors (Lipinski definition) is 6. The second-order valence-corrected chi connectivity index (χ2v) is 9.31. The monoisotopic (exact) mass is 555 g/mol. The number of pyridine rings is 2. The Morgan fingerprint density at radius 3 is 2.27 bits per heavy atom. The molecule has 1 amide bonds. The fourth-order valence-electron chi connectivity index (χ4n) is 4.34. The molecule has 0 aliphatic rings. The van der Waals surface area contributed by atoms with Crippen LogP contribution in [0.5, 0.6) is 5.75 Å². The van der Waals surface area contributed by atoms with Crippen LogP contribution in [0.1, 0.15) is 60.5 Å². The number of nitrogens with zero attached hydrogens (tertiary/aromatic N) is 3. The van der Waals surface area contributed by atoms with E-state index in [1.165, 1.54) is 11.3 Å². The number of carboxylic acid groups (broad SMARTS) is 1. The summed E-state index contributed by atoms with van der Waals surface area (Å²) >= 11 is 0. The summed E-state index contributed by atoms with van der Waals surface area (Å²) in [4.78, 5) is 32.1. The van der Waals surface area contributed by atoms with Crippen molar-refractivity contribution in [1.82, 2.24) is 14.9 Å². The summed E-state index contributed by atoms with van der Waals surface area (Å²) in [5.41, 5.74) is 3.94. The standard InChI is InChI=1S/C32H35N3O3.CH2O2/c1-2-3-4-9-24-38-30-12-6-5-11-29(30)32(37)35(23-19-28-10-7-8-20-34-28)31(36)27-15-13-25(14-16-27)26-17-21-33-22-18-26;2-1-3/h5-8,10-18,20-22,32,37H,2-4,9,19,23-24H2,1H3;1H,(H,2,3). The number of aromatic nitrogens is 2. The average molecular weight is 556 g/mol. The van der Waals surface area contributed by atoms with E-state index in [-0.39, 0.29) is 12.4 Å². The van der Waals surface area contributed by atoms with Crippen LogP contribution in [0.2, 0.25) is 0 Å². The maximum atomic E-state index is 13.8. The van der Waals surface area contributed by atoms with Crippen molar-refractivity contribution in [2.75, 3.05) is 13.2 Å². The van der Waals surface area contributed by atoms with Crippen LogP contribution in [0.25, 0.3) is 11.1 Å². The first-order chi connectivity index (χ1) is 20.1. The highest BCUT2D eigenvalue weighted by molar-refractivity contribution is 5.95.